The molecule has 0 bridgehead atoms. The lowest BCUT2D eigenvalue weighted by molar-refractivity contribution is 1.29. The molecule has 7 heavy (non-hydrogen) atoms. The molecule has 0 aliphatic carbocycles. The van der Waals surface area contributed by atoms with Crippen molar-refractivity contribution in [1.82, 2.24) is 0 Å². The van der Waals surface area contributed by atoms with Gasteiger partial charge in [0.25, 0.3) is 0 Å². The van der Waals surface area contributed by atoms with Gasteiger partial charge in [0.2, 0.25) is 0 Å². The van der Waals surface area contributed by atoms with Crippen LogP contribution >= 0.6 is 21.7 Å². The Morgan fingerprint density at radius 2 is 2.14 bits per heavy atom. The minimum atomic E-state index is -1.02. The lowest BCUT2D eigenvalue weighted by atomic mass is 10.9. The van der Waals surface area contributed by atoms with Crippen LogP contribution in [0.5, 0.6) is 0 Å². The molecule has 3 heteroatoms. The van der Waals surface area contributed by atoms with Gasteiger partial charge in [-0.2, -0.15) is 0 Å². The zero-order chi connectivity index (χ0) is 5.86. The molecular weight excluding hydrogens is 146 g/mol. The van der Waals surface area contributed by atoms with E-state index >= 15 is 0 Å². The first-order valence-electron chi connectivity index (χ1n) is 2.46. The van der Waals surface area contributed by atoms with Gasteiger partial charge in [0.1, 0.15) is 0 Å². The smallest absolute Gasteiger partial charge is 0.259 e. The standard InChI is InChI=1S/C2H4Cl.C2H5.Al.ClH/c1-2-3;1-2;;/h2H,1H3;1H2,2H3;;1H/q;;+1;/p-1. The zero-order valence-electron chi connectivity index (χ0n) is 4.62. The van der Waals surface area contributed by atoms with Crippen molar-refractivity contribution in [3.8, 4) is 0 Å². The fourth-order valence-corrected chi connectivity index (χ4v) is 1.51. The summed E-state index contributed by atoms with van der Waals surface area (Å²) < 4.78 is 0.242. The summed E-state index contributed by atoms with van der Waals surface area (Å²) in [6.45, 7) is 4.05. The molecule has 0 aromatic heterocycles. The molecule has 1 atom stereocenters. The van der Waals surface area contributed by atoms with Gasteiger partial charge in [-0.25, -0.2) is 0 Å². The van der Waals surface area contributed by atoms with E-state index in [0.29, 0.717) is 0 Å². The van der Waals surface area contributed by atoms with Gasteiger partial charge in [-0.05, 0) is 0 Å². The summed E-state index contributed by atoms with van der Waals surface area (Å²) in [7, 11) is 5.81. The summed E-state index contributed by atoms with van der Waals surface area (Å²) in [5, 5.41) is 1.09. The highest BCUT2D eigenvalue weighted by Crippen LogP contribution is 2.07. The molecule has 42 valence electrons. The third-order valence-corrected chi connectivity index (χ3v) is 6.02. The van der Waals surface area contributed by atoms with Crippen molar-refractivity contribution in [2.75, 3.05) is 0 Å². The van der Waals surface area contributed by atoms with Crippen molar-refractivity contribution >= 4 is 34.9 Å². The van der Waals surface area contributed by atoms with Crippen LogP contribution in [0.4, 0.5) is 0 Å². The molecule has 0 saturated heterocycles. The molecule has 0 saturated carbocycles. The van der Waals surface area contributed by atoms with Crippen LogP contribution in [0, 0.1) is 0 Å². The summed E-state index contributed by atoms with van der Waals surface area (Å²) in [6, 6.07) is 0. The number of hydrogen-bond acceptors (Lipinski definition) is 0. The van der Waals surface area contributed by atoms with Crippen LogP contribution in [-0.2, 0) is 0 Å². The SMILES string of the molecule is C[CH2][Al]([Cl])[CH](C)Cl. The third kappa shape index (κ3) is 3.67. The van der Waals surface area contributed by atoms with Gasteiger partial charge in [-0.1, -0.05) is 19.1 Å². The fourth-order valence-electron chi connectivity index (χ4n) is 0.325. The van der Waals surface area contributed by atoms with Gasteiger partial charge in [0, 0.05) is 4.24 Å². The first-order valence-corrected chi connectivity index (χ1v) is 6.13. The number of halogens is 2. The second-order valence-electron chi connectivity index (χ2n) is 1.60. The van der Waals surface area contributed by atoms with Gasteiger partial charge in [0.15, 0.2) is 0 Å². The van der Waals surface area contributed by atoms with Crippen molar-refractivity contribution in [2.45, 2.75) is 23.4 Å². The van der Waals surface area contributed by atoms with E-state index in [9.17, 15) is 0 Å². The van der Waals surface area contributed by atoms with Gasteiger partial charge in [-0.15, -0.1) is 11.6 Å². The highest BCUT2D eigenvalue weighted by Gasteiger charge is 2.17. The van der Waals surface area contributed by atoms with E-state index in [2.05, 4.69) is 6.92 Å². The summed E-state index contributed by atoms with van der Waals surface area (Å²) in [6.07, 6.45) is 0. The summed E-state index contributed by atoms with van der Waals surface area (Å²) in [4.78, 5) is 0. The van der Waals surface area contributed by atoms with Crippen LogP contribution in [0.15, 0.2) is 0 Å². The molecule has 0 radical (unpaired) electrons. The Hall–Kier alpha value is 1.11. The predicted octanol–water partition coefficient (Wildman–Crippen LogP) is 2.40. The number of alkyl halides is 1. The first kappa shape index (κ1) is 8.11. The summed E-state index contributed by atoms with van der Waals surface area (Å²) in [5.74, 6) is 0. The second kappa shape index (κ2) is 4.04. The van der Waals surface area contributed by atoms with E-state index in [-0.39, 0.29) is 4.24 Å². The Kier molecular flexibility index (Phi) is 4.68. The van der Waals surface area contributed by atoms with Crippen LogP contribution in [0.3, 0.4) is 0 Å². The van der Waals surface area contributed by atoms with E-state index in [4.69, 9.17) is 21.7 Å². The van der Waals surface area contributed by atoms with Gasteiger partial charge in [-0.3, -0.25) is 10.0 Å². The van der Waals surface area contributed by atoms with Crippen LogP contribution < -0.4 is 0 Å². The average molecular weight is 155 g/mol. The lowest BCUT2D eigenvalue weighted by Crippen LogP contribution is -2.14. The van der Waals surface area contributed by atoms with E-state index in [1.807, 2.05) is 6.92 Å². The van der Waals surface area contributed by atoms with Gasteiger partial charge in [0.05, 0.1) is 0 Å². The minimum absolute atomic E-state index is 0.242. The quantitative estimate of drug-likeness (QED) is 0.424. The molecule has 0 rings (SSSR count). The van der Waals surface area contributed by atoms with Crippen molar-refractivity contribution in [3.05, 3.63) is 0 Å². The summed E-state index contributed by atoms with van der Waals surface area (Å²) in [5.41, 5.74) is 0. The average Bonchev–Trinajstić information content (AvgIpc) is 1.65. The molecule has 0 aromatic rings. The van der Waals surface area contributed by atoms with E-state index < -0.39 is 13.2 Å². The molecular formula is C4H9AlCl2. The molecule has 0 spiro atoms. The lowest BCUT2D eigenvalue weighted by Gasteiger charge is -1.98. The van der Waals surface area contributed by atoms with Crippen LogP contribution in [0.1, 0.15) is 13.8 Å². The molecule has 1 unspecified atom stereocenters. The van der Waals surface area contributed by atoms with Gasteiger partial charge < -0.3 is 0 Å². The Balaban J connectivity index is 3.14. The number of hydrogen-bond donors (Lipinski definition) is 0. The second-order valence-corrected chi connectivity index (χ2v) is 7.24. The molecule has 0 heterocycles. The van der Waals surface area contributed by atoms with E-state index in [0.717, 1.165) is 5.28 Å². The maximum Gasteiger partial charge on any atom is 0.417 e. The molecule has 0 fully saturated rings. The van der Waals surface area contributed by atoms with Crippen molar-refractivity contribution in [1.29, 1.82) is 0 Å². The third-order valence-electron chi connectivity index (χ3n) is 0.888. The van der Waals surface area contributed by atoms with E-state index in [1.165, 1.54) is 0 Å². The maximum absolute atomic E-state index is 5.81. The molecule has 0 N–H and O–H groups in total. The highest BCUT2D eigenvalue weighted by atomic mass is 35.6. The minimum Gasteiger partial charge on any atom is -0.259 e. The first-order chi connectivity index (χ1) is 3.18. The monoisotopic (exact) mass is 154 g/mol. The summed E-state index contributed by atoms with van der Waals surface area (Å²) >= 11 is 4.64. The normalized spacial score (nSPS) is 13.7. The van der Waals surface area contributed by atoms with Crippen molar-refractivity contribution < 1.29 is 0 Å². The number of rotatable bonds is 2. The van der Waals surface area contributed by atoms with Gasteiger partial charge >= 0.3 is 13.2 Å². The van der Waals surface area contributed by atoms with Crippen LogP contribution in [-0.4, -0.2) is 17.5 Å². The Morgan fingerprint density at radius 3 is 2.14 bits per heavy atom. The Bertz CT molecular complexity index is 47.0. The predicted molar refractivity (Wildman–Crippen MR) is 37.4 cm³/mol. The highest BCUT2D eigenvalue weighted by molar-refractivity contribution is 7.10. The van der Waals surface area contributed by atoms with Crippen LogP contribution in [0.2, 0.25) is 5.28 Å². The molecule has 0 aromatic carbocycles. The molecule has 0 aliphatic heterocycles. The molecule has 0 amide bonds. The molecule has 0 aliphatic rings. The topological polar surface area (TPSA) is 0 Å². The molecule has 0 nitrogen and oxygen atoms in total. The maximum atomic E-state index is 5.81. The van der Waals surface area contributed by atoms with Crippen molar-refractivity contribution in [3.63, 3.8) is 0 Å². The van der Waals surface area contributed by atoms with E-state index in [1.54, 1.807) is 0 Å². The fraction of sp³-hybridized carbons (Fsp3) is 1.00. The Morgan fingerprint density at radius 1 is 1.71 bits per heavy atom. The van der Waals surface area contributed by atoms with Crippen molar-refractivity contribution in [2.24, 2.45) is 0 Å². The zero-order valence-corrected chi connectivity index (χ0v) is 7.28. The van der Waals surface area contributed by atoms with Crippen LogP contribution in [0.25, 0.3) is 0 Å². The Labute approximate surface area is 58.4 Å². The largest absolute Gasteiger partial charge is 0.417 e.